The largest absolute Gasteiger partial charge is 0.457 e. The van der Waals surface area contributed by atoms with Crippen LogP contribution in [-0.4, -0.2) is 9.97 Å². The van der Waals surface area contributed by atoms with Gasteiger partial charge in [0.1, 0.15) is 11.5 Å². The van der Waals surface area contributed by atoms with Crippen LogP contribution in [0.2, 0.25) is 0 Å². The van der Waals surface area contributed by atoms with E-state index in [1.807, 2.05) is 18.2 Å². The molecule has 1 aromatic heterocycles. The minimum absolute atomic E-state index is 0.590. The molecule has 0 radical (unpaired) electrons. The van der Waals surface area contributed by atoms with E-state index in [0.29, 0.717) is 5.82 Å². The Morgan fingerprint density at radius 2 is 0.638 bits per heavy atom. The van der Waals surface area contributed by atoms with E-state index in [1.54, 1.807) is 0 Å². The molecule has 11 aromatic rings. The molecule has 2 spiro atoms. The van der Waals surface area contributed by atoms with Gasteiger partial charge in [0.15, 0.2) is 5.82 Å². The van der Waals surface area contributed by atoms with Gasteiger partial charge in [0, 0.05) is 27.8 Å². The van der Waals surface area contributed by atoms with Crippen LogP contribution in [0, 0.1) is 0 Å². The third-order valence-corrected chi connectivity index (χ3v) is 14.9. The zero-order valence-electron chi connectivity index (χ0n) is 37.6. The van der Waals surface area contributed by atoms with E-state index in [2.05, 4.69) is 237 Å². The van der Waals surface area contributed by atoms with Gasteiger partial charge in [-0.05, 0) is 85.0 Å². The van der Waals surface area contributed by atoms with Crippen molar-refractivity contribution in [3.05, 3.63) is 299 Å². The van der Waals surface area contributed by atoms with Crippen LogP contribution in [0.15, 0.2) is 255 Å². The first-order valence-corrected chi connectivity index (χ1v) is 23.7. The lowest BCUT2D eigenvalue weighted by atomic mass is 9.51. The molecular weight excluding hydrogens is 837 g/mol. The van der Waals surface area contributed by atoms with E-state index in [0.717, 1.165) is 56.3 Å². The summed E-state index contributed by atoms with van der Waals surface area (Å²) < 4.78 is 6.73. The average molecular weight is 879 g/mol. The van der Waals surface area contributed by atoms with Gasteiger partial charge in [0.2, 0.25) is 0 Å². The second-order valence-electron chi connectivity index (χ2n) is 18.3. The predicted molar refractivity (Wildman–Crippen MR) is 278 cm³/mol. The van der Waals surface area contributed by atoms with Gasteiger partial charge in [0.25, 0.3) is 0 Å². The number of rotatable bonds is 5. The fourth-order valence-electron chi connectivity index (χ4n) is 12.0. The highest BCUT2D eigenvalue weighted by molar-refractivity contribution is 5.97. The Kier molecular flexibility index (Phi) is 8.71. The van der Waals surface area contributed by atoms with Crippen molar-refractivity contribution in [2.45, 2.75) is 10.8 Å². The number of aromatic nitrogens is 2. The van der Waals surface area contributed by atoms with Crippen LogP contribution in [0.1, 0.15) is 44.5 Å². The Balaban J connectivity index is 0.932. The van der Waals surface area contributed by atoms with E-state index in [1.165, 1.54) is 61.2 Å². The van der Waals surface area contributed by atoms with Crippen molar-refractivity contribution in [2.24, 2.45) is 0 Å². The molecule has 0 atom stereocenters. The first kappa shape index (κ1) is 39.3. The lowest BCUT2D eigenvalue weighted by Gasteiger charge is -2.51. The summed E-state index contributed by atoms with van der Waals surface area (Å²) in [4.78, 5) is 10.3. The summed E-state index contributed by atoms with van der Waals surface area (Å²) in [6, 6.07) is 92.2. The summed E-state index contributed by atoms with van der Waals surface area (Å²) >= 11 is 0. The number of fused-ring (bicyclic) bond motifs is 15. The van der Waals surface area contributed by atoms with Gasteiger partial charge in [-0.1, -0.05) is 237 Å². The number of nitrogens with zero attached hydrogens (tertiary/aromatic N) is 2. The van der Waals surface area contributed by atoms with Crippen molar-refractivity contribution in [1.29, 1.82) is 0 Å². The smallest absolute Gasteiger partial charge is 0.160 e. The lowest BCUT2D eigenvalue weighted by Crippen LogP contribution is -2.45. The lowest BCUT2D eigenvalue weighted by molar-refractivity contribution is 0.429. The van der Waals surface area contributed by atoms with Crippen LogP contribution < -0.4 is 4.74 Å². The minimum atomic E-state index is -0.609. The van der Waals surface area contributed by atoms with Crippen molar-refractivity contribution in [3.8, 4) is 78.8 Å². The topological polar surface area (TPSA) is 35.0 Å². The van der Waals surface area contributed by atoms with Crippen LogP contribution in [0.5, 0.6) is 11.5 Å². The third kappa shape index (κ3) is 5.68. The van der Waals surface area contributed by atoms with Crippen molar-refractivity contribution in [2.75, 3.05) is 0 Å². The molecule has 3 heteroatoms. The van der Waals surface area contributed by atoms with Crippen molar-refractivity contribution >= 4 is 0 Å². The summed E-state index contributed by atoms with van der Waals surface area (Å²) in [5.41, 5.74) is 20.9. The first-order chi connectivity index (χ1) is 34.2. The van der Waals surface area contributed by atoms with Gasteiger partial charge < -0.3 is 4.74 Å². The number of hydrogen-bond donors (Lipinski definition) is 0. The summed E-state index contributed by atoms with van der Waals surface area (Å²) in [5, 5.41) is 0. The molecule has 0 saturated carbocycles. The minimum Gasteiger partial charge on any atom is -0.457 e. The van der Waals surface area contributed by atoms with Gasteiger partial charge in [-0.2, -0.15) is 0 Å². The molecule has 1 aliphatic heterocycles. The molecule has 2 aliphatic carbocycles. The average Bonchev–Trinajstić information content (AvgIpc) is 3.73. The molecule has 0 bridgehead atoms. The quantitative estimate of drug-likeness (QED) is 0.173. The number of benzene rings is 10. The van der Waals surface area contributed by atoms with E-state index in [9.17, 15) is 0 Å². The normalized spacial score (nSPS) is 13.9. The summed E-state index contributed by atoms with van der Waals surface area (Å²) in [5.74, 6) is 2.48. The zero-order valence-corrected chi connectivity index (χ0v) is 37.6. The molecule has 0 fully saturated rings. The van der Waals surface area contributed by atoms with Gasteiger partial charge >= 0.3 is 0 Å². The van der Waals surface area contributed by atoms with E-state index < -0.39 is 10.8 Å². The fourth-order valence-corrected chi connectivity index (χ4v) is 12.0. The highest BCUT2D eigenvalue weighted by Gasteiger charge is 2.58. The first-order valence-electron chi connectivity index (χ1n) is 23.7. The van der Waals surface area contributed by atoms with Crippen molar-refractivity contribution < 1.29 is 4.74 Å². The second kappa shape index (κ2) is 15.3. The fraction of sp³-hybridized carbons (Fsp3) is 0.0303. The Morgan fingerprint density at radius 1 is 0.261 bits per heavy atom. The maximum Gasteiger partial charge on any atom is 0.160 e. The standard InChI is InChI=1S/C66H42N2O/c1-3-18-43(19-4-1)44-34-38-46(39-35-44)59-42-60(68-64(67-59)48-20-5-2-6-21-48)47-40-36-45(37-41-47)49-23-17-31-58-63(49)50-22-7-8-24-51(50)65(58)52-25-9-11-27-54(52)66(55-28-12-10-26-53(55)65)56-29-13-15-32-61(56)69-62-33-16-14-30-57(62)66/h1-42H. The van der Waals surface area contributed by atoms with E-state index >= 15 is 0 Å². The maximum absolute atomic E-state index is 6.73. The van der Waals surface area contributed by atoms with Crippen LogP contribution in [0.25, 0.3) is 67.3 Å². The second-order valence-corrected chi connectivity index (χ2v) is 18.3. The maximum atomic E-state index is 6.73. The van der Waals surface area contributed by atoms with Crippen LogP contribution in [0.3, 0.4) is 0 Å². The molecular formula is C66H42N2O. The third-order valence-electron chi connectivity index (χ3n) is 14.9. The molecule has 0 amide bonds. The summed E-state index contributed by atoms with van der Waals surface area (Å²) in [7, 11) is 0. The highest BCUT2D eigenvalue weighted by Crippen LogP contribution is 2.67. The zero-order chi connectivity index (χ0) is 45.5. The number of para-hydroxylation sites is 2. The predicted octanol–water partition coefficient (Wildman–Crippen LogP) is 16.0. The molecule has 322 valence electrons. The van der Waals surface area contributed by atoms with E-state index in [-0.39, 0.29) is 0 Å². The van der Waals surface area contributed by atoms with Crippen molar-refractivity contribution in [3.63, 3.8) is 0 Å². The Morgan fingerprint density at radius 3 is 1.19 bits per heavy atom. The Labute approximate surface area is 401 Å². The van der Waals surface area contributed by atoms with Gasteiger partial charge in [0.05, 0.1) is 22.2 Å². The molecule has 3 aliphatic rings. The highest BCUT2D eigenvalue weighted by atomic mass is 16.5. The van der Waals surface area contributed by atoms with E-state index in [4.69, 9.17) is 14.7 Å². The van der Waals surface area contributed by atoms with Gasteiger partial charge in [-0.15, -0.1) is 0 Å². The summed E-state index contributed by atoms with van der Waals surface area (Å²) in [6.45, 7) is 0. The van der Waals surface area contributed by atoms with Crippen LogP contribution in [0.4, 0.5) is 0 Å². The molecule has 0 saturated heterocycles. The molecule has 14 rings (SSSR count). The Hall–Kier alpha value is -8.92. The van der Waals surface area contributed by atoms with Gasteiger partial charge in [-0.3, -0.25) is 0 Å². The number of ether oxygens (including phenoxy) is 1. The molecule has 0 unspecified atom stereocenters. The van der Waals surface area contributed by atoms with Gasteiger partial charge in [-0.25, -0.2) is 9.97 Å². The SMILES string of the molecule is c1ccc(-c2ccc(-c3cc(-c4ccc(-c5cccc6c5-c5ccccc5C65c6ccccc6C6(c7ccccc7Oc7ccccc76)c6ccccc65)cc4)nc(-c4ccccc4)n3)cc2)cc1. The molecule has 10 aromatic carbocycles. The molecule has 69 heavy (non-hydrogen) atoms. The summed E-state index contributed by atoms with van der Waals surface area (Å²) in [6.07, 6.45) is 0. The monoisotopic (exact) mass is 878 g/mol. The molecule has 0 N–H and O–H groups in total. The molecule has 2 heterocycles. The molecule has 3 nitrogen and oxygen atoms in total. The van der Waals surface area contributed by atoms with Crippen molar-refractivity contribution in [1.82, 2.24) is 9.97 Å². The Bertz CT molecular complexity index is 3710. The van der Waals surface area contributed by atoms with Crippen LogP contribution >= 0.6 is 0 Å². The number of hydrogen-bond acceptors (Lipinski definition) is 3. The van der Waals surface area contributed by atoms with Crippen LogP contribution in [-0.2, 0) is 10.8 Å².